The van der Waals surface area contributed by atoms with Crippen molar-refractivity contribution in [2.75, 3.05) is 18.0 Å². The number of benzene rings is 2. The van der Waals surface area contributed by atoms with Crippen LogP contribution in [0, 0.1) is 0 Å². The van der Waals surface area contributed by atoms with Crippen LogP contribution in [0.2, 0.25) is 0 Å². The Bertz CT molecular complexity index is 1400. The largest absolute Gasteiger partial charge is 0.393 e. The molecule has 0 amide bonds. The highest BCUT2D eigenvalue weighted by Gasteiger charge is 2.19. The van der Waals surface area contributed by atoms with Crippen LogP contribution in [-0.4, -0.2) is 39.3 Å². The lowest BCUT2D eigenvalue weighted by Gasteiger charge is -2.32. The van der Waals surface area contributed by atoms with Gasteiger partial charge in [0.25, 0.3) is 0 Å². The Morgan fingerprint density at radius 3 is 2.53 bits per heavy atom. The van der Waals surface area contributed by atoms with Crippen molar-refractivity contribution in [3.05, 3.63) is 79.0 Å². The third kappa shape index (κ3) is 3.41. The molecular weight excluding hydrogens is 396 g/mol. The third-order valence-electron chi connectivity index (χ3n) is 6.35. The minimum absolute atomic E-state index is 0.190. The van der Waals surface area contributed by atoms with Gasteiger partial charge in [-0.05, 0) is 42.7 Å². The van der Waals surface area contributed by atoms with Gasteiger partial charge in [0, 0.05) is 41.3 Å². The average Bonchev–Trinajstić information content (AvgIpc) is 3.28. The molecular formula is C27H24N4O. The lowest BCUT2D eigenvalue weighted by molar-refractivity contribution is 0.145. The summed E-state index contributed by atoms with van der Waals surface area (Å²) in [4.78, 5) is 15.5. The van der Waals surface area contributed by atoms with E-state index in [4.69, 9.17) is 4.98 Å². The van der Waals surface area contributed by atoms with Crippen LogP contribution in [0.4, 0.5) is 5.69 Å². The van der Waals surface area contributed by atoms with Crippen LogP contribution in [0.1, 0.15) is 12.8 Å². The van der Waals surface area contributed by atoms with E-state index in [0.29, 0.717) is 0 Å². The Labute approximate surface area is 186 Å². The van der Waals surface area contributed by atoms with Crippen LogP contribution >= 0.6 is 0 Å². The minimum Gasteiger partial charge on any atom is -0.393 e. The maximum absolute atomic E-state index is 9.89. The fraction of sp³-hybridized carbons (Fsp3) is 0.185. The number of piperidine rings is 1. The first-order chi connectivity index (χ1) is 15.7. The second-order valence-electron chi connectivity index (χ2n) is 8.47. The van der Waals surface area contributed by atoms with Crippen molar-refractivity contribution in [3.63, 3.8) is 0 Å². The molecule has 32 heavy (non-hydrogen) atoms. The van der Waals surface area contributed by atoms with E-state index in [1.54, 1.807) is 0 Å². The molecule has 3 aromatic heterocycles. The zero-order valence-electron chi connectivity index (χ0n) is 17.7. The fourth-order valence-electron chi connectivity index (χ4n) is 4.58. The molecule has 2 aromatic carbocycles. The molecule has 1 fully saturated rings. The predicted molar refractivity (Wildman–Crippen MR) is 130 cm³/mol. The molecule has 1 saturated heterocycles. The summed E-state index contributed by atoms with van der Waals surface area (Å²) in [5.41, 5.74) is 7.14. The SMILES string of the molecule is OC1CCN(c2cccc3ccc(-c4cnc5[nH]c(-c6ccccc6)cc5c4)nc23)CC1. The van der Waals surface area contributed by atoms with Crippen LogP contribution in [0.3, 0.4) is 0 Å². The molecule has 158 valence electrons. The summed E-state index contributed by atoms with van der Waals surface area (Å²) >= 11 is 0. The van der Waals surface area contributed by atoms with Crippen LogP contribution in [0.5, 0.6) is 0 Å². The summed E-state index contributed by atoms with van der Waals surface area (Å²) in [6, 6.07) is 25.1. The molecule has 4 heterocycles. The molecule has 5 heteroatoms. The normalized spacial score (nSPS) is 15.0. The van der Waals surface area contributed by atoms with Gasteiger partial charge >= 0.3 is 0 Å². The minimum atomic E-state index is -0.190. The van der Waals surface area contributed by atoms with Crippen LogP contribution in [0.15, 0.2) is 79.0 Å². The number of para-hydroxylation sites is 1. The quantitative estimate of drug-likeness (QED) is 0.410. The van der Waals surface area contributed by atoms with Gasteiger partial charge in [0.1, 0.15) is 5.65 Å². The summed E-state index contributed by atoms with van der Waals surface area (Å²) in [7, 11) is 0. The number of hydrogen-bond donors (Lipinski definition) is 2. The molecule has 5 aromatic rings. The number of aromatic amines is 1. The van der Waals surface area contributed by atoms with Gasteiger partial charge in [0.15, 0.2) is 0 Å². The number of nitrogens with one attached hydrogen (secondary N) is 1. The zero-order valence-corrected chi connectivity index (χ0v) is 17.7. The number of nitrogens with zero attached hydrogens (tertiary/aromatic N) is 3. The van der Waals surface area contributed by atoms with Crippen LogP contribution < -0.4 is 4.90 Å². The molecule has 2 N–H and O–H groups in total. The van der Waals surface area contributed by atoms with E-state index in [-0.39, 0.29) is 6.10 Å². The maximum atomic E-state index is 9.89. The van der Waals surface area contributed by atoms with Crippen LogP contribution in [0.25, 0.3) is 44.5 Å². The predicted octanol–water partition coefficient (Wildman–Crippen LogP) is 5.41. The standard InChI is InChI=1S/C27H24N4O/c32-22-11-13-31(14-12-22)25-8-4-7-19-9-10-23(29-26(19)25)21-15-20-16-24(30-27(20)28-17-21)18-5-2-1-3-6-18/h1-10,15-17,22,32H,11-14H2,(H,28,30). The lowest BCUT2D eigenvalue weighted by Crippen LogP contribution is -2.35. The van der Waals surface area contributed by atoms with Gasteiger partial charge < -0.3 is 15.0 Å². The molecule has 0 unspecified atom stereocenters. The Balaban J connectivity index is 1.40. The lowest BCUT2D eigenvalue weighted by atomic mass is 10.1. The van der Waals surface area contributed by atoms with E-state index in [0.717, 1.165) is 76.1 Å². The van der Waals surface area contributed by atoms with Gasteiger partial charge in [-0.3, -0.25) is 0 Å². The Morgan fingerprint density at radius 2 is 1.69 bits per heavy atom. The molecule has 1 aliphatic rings. The van der Waals surface area contributed by atoms with Crippen molar-refractivity contribution in [2.24, 2.45) is 0 Å². The summed E-state index contributed by atoms with van der Waals surface area (Å²) < 4.78 is 0. The summed E-state index contributed by atoms with van der Waals surface area (Å²) in [5, 5.41) is 12.1. The number of hydrogen-bond acceptors (Lipinski definition) is 4. The van der Waals surface area contributed by atoms with Gasteiger partial charge in [-0.15, -0.1) is 0 Å². The van der Waals surface area contributed by atoms with Crippen molar-refractivity contribution < 1.29 is 5.11 Å². The monoisotopic (exact) mass is 420 g/mol. The molecule has 0 spiro atoms. The van der Waals surface area contributed by atoms with Crippen molar-refractivity contribution in [1.29, 1.82) is 0 Å². The van der Waals surface area contributed by atoms with Crippen molar-refractivity contribution >= 4 is 27.6 Å². The Hall–Kier alpha value is -3.70. The number of rotatable bonds is 3. The van der Waals surface area contributed by atoms with Crippen molar-refractivity contribution in [3.8, 4) is 22.5 Å². The zero-order chi connectivity index (χ0) is 21.5. The second kappa shape index (κ2) is 7.77. The second-order valence-corrected chi connectivity index (χ2v) is 8.47. The third-order valence-corrected chi connectivity index (χ3v) is 6.35. The number of aliphatic hydroxyl groups excluding tert-OH is 1. The molecule has 6 rings (SSSR count). The van der Waals surface area contributed by atoms with Crippen LogP contribution in [-0.2, 0) is 0 Å². The molecule has 0 aliphatic carbocycles. The van der Waals surface area contributed by atoms with Gasteiger partial charge in [-0.2, -0.15) is 0 Å². The van der Waals surface area contributed by atoms with Gasteiger partial charge in [-0.25, -0.2) is 9.97 Å². The number of aromatic nitrogens is 3. The molecule has 0 saturated carbocycles. The molecule has 0 bridgehead atoms. The molecule has 5 nitrogen and oxygen atoms in total. The van der Waals surface area contributed by atoms with E-state index in [9.17, 15) is 5.11 Å². The smallest absolute Gasteiger partial charge is 0.137 e. The van der Waals surface area contributed by atoms with E-state index in [1.807, 2.05) is 24.4 Å². The Kier molecular flexibility index (Phi) is 4.62. The first kappa shape index (κ1) is 19.0. The molecule has 0 radical (unpaired) electrons. The highest BCUT2D eigenvalue weighted by Crippen LogP contribution is 2.31. The Morgan fingerprint density at radius 1 is 0.844 bits per heavy atom. The number of anilines is 1. The van der Waals surface area contributed by atoms with Crippen molar-refractivity contribution in [2.45, 2.75) is 18.9 Å². The summed E-state index contributed by atoms with van der Waals surface area (Å²) in [6.45, 7) is 1.70. The topological polar surface area (TPSA) is 65.0 Å². The van der Waals surface area contributed by atoms with Gasteiger partial charge in [-0.1, -0.05) is 48.5 Å². The highest BCUT2D eigenvalue weighted by atomic mass is 16.3. The average molecular weight is 421 g/mol. The number of fused-ring (bicyclic) bond motifs is 2. The highest BCUT2D eigenvalue weighted by molar-refractivity contribution is 5.93. The molecule has 0 atom stereocenters. The molecule has 1 aliphatic heterocycles. The van der Waals surface area contributed by atoms with Gasteiger partial charge in [0.2, 0.25) is 0 Å². The van der Waals surface area contributed by atoms with E-state index in [1.165, 1.54) is 0 Å². The first-order valence-corrected chi connectivity index (χ1v) is 11.1. The van der Waals surface area contributed by atoms with E-state index < -0.39 is 0 Å². The fourth-order valence-corrected chi connectivity index (χ4v) is 4.58. The van der Waals surface area contributed by atoms with Gasteiger partial charge in [0.05, 0.1) is 23.0 Å². The number of pyridine rings is 2. The number of H-pyrrole nitrogens is 1. The van der Waals surface area contributed by atoms with Crippen molar-refractivity contribution in [1.82, 2.24) is 15.0 Å². The summed E-state index contributed by atoms with van der Waals surface area (Å²) in [5.74, 6) is 0. The number of aliphatic hydroxyl groups is 1. The summed E-state index contributed by atoms with van der Waals surface area (Å²) in [6.07, 6.45) is 3.30. The van der Waals surface area contributed by atoms with E-state index in [2.05, 4.69) is 69.5 Å². The maximum Gasteiger partial charge on any atom is 0.137 e. The first-order valence-electron chi connectivity index (χ1n) is 11.1. The van der Waals surface area contributed by atoms with E-state index >= 15 is 0 Å².